The smallest absolute Gasteiger partial charge is 0.123 e. The van der Waals surface area contributed by atoms with Crippen LogP contribution in [0.4, 0.5) is 4.39 Å². The molecule has 16 heavy (non-hydrogen) atoms. The Kier molecular flexibility index (Phi) is 3.04. The van der Waals surface area contributed by atoms with Gasteiger partial charge in [0.2, 0.25) is 0 Å². The second-order valence-electron chi connectivity index (χ2n) is 4.01. The van der Waals surface area contributed by atoms with Crippen molar-refractivity contribution in [1.29, 1.82) is 0 Å². The minimum Gasteiger partial charge on any atom is -0.207 e. The summed E-state index contributed by atoms with van der Waals surface area (Å²) < 4.78 is 13.1. The predicted molar refractivity (Wildman–Crippen MR) is 66.0 cm³/mol. The highest BCUT2D eigenvalue weighted by molar-refractivity contribution is 5.64. The maximum absolute atomic E-state index is 13.1. The van der Waals surface area contributed by atoms with Crippen molar-refractivity contribution in [2.24, 2.45) is 0 Å². The third kappa shape index (κ3) is 2.13. The molecule has 0 heterocycles. The Labute approximate surface area is 95.7 Å². The van der Waals surface area contributed by atoms with E-state index in [0.29, 0.717) is 0 Å². The molecule has 0 amide bonds. The molecule has 0 aliphatic heterocycles. The zero-order valence-corrected chi connectivity index (χ0v) is 9.63. The molecule has 0 unspecified atom stereocenters. The average molecular weight is 214 g/mol. The molecule has 0 saturated carbocycles. The van der Waals surface area contributed by atoms with Crippen molar-refractivity contribution in [3.8, 4) is 11.1 Å². The van der Waals surface area contributed by atoms with Gasteiger partial charge in [0, 0.05) is 0 Å². The van der Waals surface area contributed by atoms with Crippen molar-refractivity contribution in [1.82, 2.24) is 0 Å². The number of hydrogen-bond donors (Lipinski definition) is 0. The maximum atomic E-state index is 13.1. The van der Waals surface area contributed by atoms with Gasteiger partial charge in [-0.2, -0.15) is 0 Å². The molecule has 1 heteroatoms. The maximum Gasteiger partial charge on any atom is 0.123 e. The van der Waals surface area contributed by atoms with E-state index in [9.17, 15) is 4.39 Å². The van der Waals surface area contributed by atoms with Gasteiger partial charge in [-0.1, -0.05) is 37.3 Å². The van der Waals surface area contributed by atoms with Crippen LogP contribution >= 0.6 is 0 Å². The number of halogens is 1. The largest absolute Gasteiger partial charge is 0.207 e. The molecule has 0 radical (unpaired) electrons. The number of hydrogen-bond acceptors (Lipinski definition) is 0. The topological polar surface area (TPSA) is 0 Å². The van der Waals surface area contributed by atoms with Crippen LogP contribution in [-0.2, 0) is 6.42 Å². The summed E-state index contributed by atoms with van der Waals surface area (Å²) in [5.74, 6) is -0.184. The Balaban J connectivity index is 2.48. The summed E-state index contributed by atoms with van der Waals surface area (Å²) in [4.78, 5) is 0. The highest BCUT2D eigenvalue weighted by Gasteiger charge is 2.02. The zero-order chi connectivity index (χ0) is 11.5. The van der Waals surface area contributed by atoms with Crippen LogP contribution in [-0.4, -0.2) is 0 Å². The van der Waals surface area contributed by atoms with Crippen molar-refractivity contribution in [2.75, 3.05) is 0 Å². The molecular formula is C15H15F. The second-order valence-corrected chi connectivity index (χ2v) is 4.01. The number of aryl methyl sites for hydroxylation is 2. The summed E-state index contributed by atoms with van der Waals surface area (Å²) in [7, 11) is 0. The van der Waals surface area contributed by atoms with Gasteiger partial charge in [0.25, 0.3) is 0 Å². The molecule has 2 rings (SSSR count). The van der Waals surface area contributed by atoms with Crippen LogP contribution in [0.15, 0.2) is 42.5 Å². The molecule has 0 bridgehead atoms. The monoisotopic (exact) mass is 214 g/mol. The summed E-state index contributed by atoms with van der Waals surface area (Å²) in [6, 6.07) is 13.0. The lowest BCUT2D eigenvalue weighted by Crippen LogP contribution is -1.88. The van der Waals surface area contributed by atoms with Crippen LogP contribution < -0.4 is 0 Å². The molecular weight excluding hydrogens is 199 g/mol. The van der Waals surface area contributed by atoms with Gasteiger partial charge in [-0.3, -0.25) is 0 Å². The Morgan fingerprint density at radius 3 is 2.44 bits per heavy atom. The van der Waals surface area contributed by atoms with E-state index in [-0.39, 0.29) is 5.82 Å². The van der Waals surface area contributed by atoms with E-state index in [0.717, 1.165) is 17.5 Å². The van der Waals surface area contributed by atoms with Crippen LogP contribution in [0.2, 0.25) is 0 Å². The quantitative estimate of drug-likeness (QED) is 0.696. The predicted octanol–water partition coefficient (Wildman–Crippen LogP) is 4.36. The van der Waals surface area contributed by atoms with E-state index in [2.05, 4.69) is 26.0 Å². The molecule has 0 fully saturated rings. The van der Waals surface area contributed by atoms with Crippen molar-refractivity contribution in [3.05, 3.63) is 59.4 Å². The molecule has 2 aromatic rings. The third-order valence-electron chi connectivity index (χ3n) is 2.89. The highest BCUT2D eigenvalue weighted by atomic mass is 19.1. The Hall–Kier alpha value is -1.63. The van der Waals surface area contributed by atoms with Crippen molar-refractivity contribution in [2.45, 2.75) is 20.3 Å². The van der Waals surface area contributed by atoms with E-state index >= 15 is 0 Å². The Morgan fingerprint density at radius 1 is 1.00 bits per heavy atom. The lowest BCUT2D eigenvalue weighted by atomic mass is 9.98. The zero-order valence-electron chi connectivity index (χ0n) is 9.63. The van der Waals surface area contributed by atoms with Crippen LogP contribution in [0.25, 0.3) is 11.1 Å². The summed E-state index contributed by atoms with van der Waals surface area (Å²) >= 11 is 0. The van der Waals surface area contributed by atoms with Gasteiger partial charge in [0.15, 0.2) is 0 Å². The molecule has 0 spiro atoms. The molecule has 0 aliphatic rings. The minimum absolute atomic E-state index is 0.184. The van der Waals surface area contributed by atoms with Gasteiger partial charge in [-0.05, 0) is 47.7 Å². The number of benzene rings is 2. The molecule has 0 aliphatic carbocycles. The normalized spacial score (nSPS) is 10.4. The van der Waals surface area contributed by atoms with E-state index in [1.165, 1.54) is 17.2 Å². The van der Waals surface area contributed by atoms with E-state index in [4.69, 9.17) is 0 Å². The first-order valence-corrected chi connectivity index (χ1v) is 5.56. The summed E-state index contributed by atoms with van der Waals surface area (Å²) in [5, 5.41) is 0. The SMILES string of the molecule is CCc1cc(-c2cccc(F)c2)ccc1C. The first kappa shape index (κ1) is 10.9. The van der Waals surface area contributed by atoms with E-state index < -0.39 is 0 Å². The van der Waals surface area contributed by atoms with E-state index in [1.54, 1.807) is 12.1 Å². The van der Waals surface area contributed by atoms with Gasteiger partial charge >= 0.3 is 0 Å². The summed E-state index contributed by atoms with van der Waals surface area (Å²) in [6.45, 7) is 4.24. The first-order chi connectivity index (χ1) is 7.70. The third-order valence-corrected chi connectivity index (χ3v) is 2.89. The molecule has 0 nitrogen and oxygen atoms in total. The van der Waals surface area contributed by atoms with Gasteiger partial charge in [0.05, 0.1) is 0 Å². The van der Waals surface area contributed by atoms with Gasteiger partial charge in [-0.25, -0.2) is 4.39 Å². The van der Waals surface area contributed by atoms with Crippen LogP contribution in [0, 0.1) is 12.7 Å². The number of rotatable bonds is 2. The fraction of sp³-hybridized carbons (Fsp3) is 0.200. The molecule has 0 N–H and O–H groups in total. The van der Waals surface area contributed by atoms with E-state index in [1.807, 2.05) is 12.1 Å². The lowest BCUT2D eigenvalue weighted by Gasteiger charge is -2.07. The standard InChI is InChI=1S/C15H15F/c1-3-12-9-14(8-7-11(12)2)13-5-4-6-15(16)10-13/h4-10H,3H2,1-2H3. The molecule has 2 aromatic carbocycles. The first-order valence-electron chi connectivity index (χ1n) is 5.56. The molecule has 0 saturated heterocycles. The van der Waals surface area contributed by atoms with Crippen molar-refractivity contribution < 1.29 is 4.39 Å². The minimum atomic E-state index is -0.184. The summed E-state index contributed by atoms with van der Waals surface area (Å²) in [5.41, 5.74) is 4.64. The highest BCUT2D eigenvalue weighted by Crippen LogP contribution is 2.23. The Bertz CT molecular complexity index is 501. The van der Waals surface area contributed by atoms with Gasteiger partial charge < -0.3 is 0 Å². The average Bonchev–Trinajstić information content (AvgIpc) is 2.29. The van der Waals surface area contributed by atoms with Crippen molar-refractivity contribution >= 4 is 0 Å². The van der Waals surface area contributed by atoms with Gasteiger partial charge in [0.1, 0.15) is 5.82 Å². The second kappa shape index (κ2) is 4.48. The van der Waals surface area contributed by atoms with Crippen LogP contribution in [0.5, 0.6) is 0 Å². The molecule has 0 atom stereocenters. The fourth-order valence-electron chi connectivity index (χ4n) is 1.90. The fourth-order valence-corrected chi connectivity index (χ4v) is 1.90. The summed E-state index contributed by atoms with van der Waals surface area (Å²) in [6.07, 6.45) is 1.01. The van der Waals surface area contributed by atoms with Crippen LogP contribution in [0.1, 0.15) is 18.1 Å². The van der Waals surface area contributed by atoms with Crippen molar-refractivity contribution in [3.63, 3.8) is 0 Å². The Morgan fingerprint density at radius 2 is 1.75 bits per heavy atom. The molecule has 0 aromatic heterocycles. The molecule has 82 valence electrons. The van der Waals surface area contributed by atoms with Gasteiger partial charge in [-0.15, -0.1) is 0 Å². The lowest BCUT2D eigenvalue weighted by molar-refractivity contribution is 0.628. The van der Waals surface area contributed by atoms with Crippen LogP contribution in [0.3, 0.4) is 0 Å².